The Morgan fingerprint density at radius 1 is 1.10 bits per heavy atom. The van der Waals surface area contributed by atoms with Crippen molar-refractivity contribution in [2.75, 3.05) is 20.8 Å². The van der Waals surface area contributed by atoms with Gasteiger partial charge in [0.25, 0.3) is 0 Å². The Balaban J connectivity index is 0.000000270. The van der Waals surface area contributed by atoms with Crippen LogP contribution in [-0.4, -0.2) is 45.1 Å². The number of halogens is 6. The topological polar surface area (TPSA) is 44.4 Å². The third-order valence-electron chi connectivity index (χ3n) is 1.80. The van der Waals surface area contributed by atoms with Gasteiger partial charge in [-0.3, -0.25) is 0 Å². The number of nitrogens with zero attached hydrogens (tertiary/aromatic N) is 3. The van der Waals surface area contributed by atoms with E-state index in [0.717, 1.165) is 11.0 Å². The van der Waals surface area contributed by atoms with Gasteiger partial charge in [-0.2, -0.15) is 0 Å². The number of para-hydroxylation sites is 1. The zero-order chi connectivity index (χ0) is 16.4. The van der Waals surface area contributed by atoms with Crippen molar-refractivity contribution in [3.63, 3.8) is 0 Å². The predicted molar refractivity (Wildman–Crippen MR) is 92.7 cm³/mol. The molecule has 1 heterocycles. The number of hydrogen-bond acceptors (Lipinski definition) is 3. The zero-order valence-corrected chi connectivity index (χ0v) is 18.1. The fourth-order valence-electron chi connectivity index (χ4n) is 1.13. The summed E-state index contributed by atoms with van der Waals surface area (Å²) < 4.78 is 0. The first-order valence-electron chi connectivity index (χ1n) is 5.51. The molecule has 12 heteroatoms. The van der Waals surface area contributed by atoms with E-state index in [-0.39, 0.29) is 0 Å². The Kier molecular flexibility index (Phi) is 6.13. The average molecular weight is 528 g/mol. The van der Waals surface area contributed by atoms with Crippen molar-refractivity contribution in [1.82, 2.24) is 15.2 Å². The van der Waals surface area contributed by atoms with E-state index in [0.29, 0.717) is 6.73 Å². The Morgan fingerprint density at radius 2 is 1.62 bits per heavy atom. The van der Waals surface area contributed by atoms with E-state index in [4.69, 9.17) is 57.8 Å². The molecule has 0 saturated carbocycles. The number of aromatic nitrogens is 3. The first-order chi connectivity index (χ1) is 9.22. The second-order valence-corrected chi connectivity index (χ2v) is 61.3. The quantitative estimate of drug-likeness (QED) is 0.493. The molecule has 1 N–H and O–H groups in total. The molecule has 0 unspecified atom stereocenters. The van der Waals surface area contributed by atoms with Crippen molar-refractivity contribution < 1.29 is 9.74 Å². The third-order valence-corrected chi connectivity index (χ3v) is 1.80. The molecule has 2 aromatic rings. The molecule has 0 aliphatic rings. The van der Waals surface area contributed by atoms with Gasteiger partial charge in [0.05, 0.1) is 14.1 Å². The van der Waals surface area contributed by atoms with Crippen LogP contribution < -0.4 is 9.74 Å². The molecule has 0 bridgehead atoms. The van der Waals surface area contributed by atoms with Crippen molar-refractivity contribution in [3.05, 3.63) is 24.3 Å². The summed E-state index contributed by atoms with van der Waals surface area (Å²) in [6, 6.07) is 7.71. The van der Waals surface area contributed by atoms with E-state index in [1.54, 1.807) is 0 Å². The van der Waals surface area contributed by atoms with Crippen molar-refractivity contribution in [1.29, 1.82) is 0 Å². The van der Waals surface area contributed by atoms with E-state index in [9.17, 15) is 0 Å². The first-order valence-corrected chi connectivity index (χ1v) is 24.9. The van der Waals surface area contributed by atoms with Gasteiger partial charge in [-0.25, -0.2) is 0 Å². The molecule has 2 rings (SSSR count). The van der Waals surface area contributed by atoms with Crippen molar-refractivity contribution in [3.8, 4) is 0 Å². The number of quaternary nitrogens is 1. The molecule has 0 aliphatic heterocycles. The predicted octanol–water partition coefficient (Wildman–Crippen LogP) is 2.72. The van der Waals surface area contributed by atoms with E-state index in [1.165, 1.54) is 9.75 Å². The molecule has 0 aliphatic carbocycles. The van der Waals surface area contributed by atoms with Crippen LogP contribution in [0, 0.1) is 0 Å². The van der Waals surface area contributed by atoms with E-state index in [1.807, 2.05) is 38.4 Å². The molecule has 0 atom stereocenters. The van der Waals surface area contributed by atoms with Gasteiger partial charge < -0.3 is 9.74 Å². The van der Waals surface area contributed by atoms with Crippen LogP contribution in [0.2, 0.25) is 0 Å². The number of benzene rings is 1. The molecular formula is C9H13Cl6N4OSb. The number of fused-ring (bicyclic) bond motifs is 1. The molecule has 0 radical (unpaired) electrons. The van der Waals surface area contributed by atoms with E-state index >= 15 is 0 Å². The van der Waals surface area contributed by atoms with Gasteiger partial charge in [-0.05, 0) is 17.3 Å². The van der Waals surface area contributed by atoms with Crippen LogP contribution in [0.5, 0.6) is 0 Å². The van der Waals surface area contributed by atoms with Crippen molar-refractivity contribution in [2.45, 2.75) is 0 Å². The first kappa shape index (κ1) is 20.0. The molecule has 5 nitrogen and oxygen atoms in total. The summed E-state index contributed by atoms with van der Waals surface area (Å²) in [6.07, 6.45) is 0. The summed E-state index contributed by atoms with van der Waals surface area (Å²) in [7, 11) is 29.0. The Hall–Kier alpha value is 0.938. The van der Waals surface area contributed by atoms with E-state index in [2.05, 4.69) is 10.3 Å². The van der Waals surface area contributed by atoms with Crippen LogP contribution in [0.25, 0.3) is 11.0 Å². The average Bonchev–Trinajstić information content (AvgIpc) is 2.65. The summed E-state index contributed by atoms with van der Waals surface area (Å²) >= 11 is 0. The Bertz CT molecular complexity index is 599. The maximum absolute atomic E-state index is 5.43. The fourth-order valence-corrected chi connectivity index (χ4v) is 1.13. The van der Waals surface area contributed by atoms with Gasteiger partial charge in [0.15, 0.2) is 0 Å². The zero-order valence-electron chi connectivity index (χ0n) is 11.0. The van der Waals surface area contributed by atoms with Gasteiger partial charge in [-0.1, -0.05) is 17.0 Å². The van der Waals surface area contributed by atoms with Crippen LogP contribution in [0.1, 0.15) is 0 Å². The van der Waals surface area contributed by atoms with Crippen LogP contribution >= 0.6 is 53.0 Å². The number of rotatable bonds is 3. The standard InChI is InChI=1S/C9H12N4O.6ClH.Sb/c1-12(2)7-14-13-9-6-4-3-5-8(9)10-11-13;;;;;;;/h3-6H,7H2,1-2H3;6*1H;/q;;;;;;;+5/p-5. The van der Waals surface area contributed by atoms with Gasteiger partial charge in [-0.15, -0.1) is 5.10 Å². The van der Waals surface area contributed by atoms with Gasteiger partial charge in [0.2, 0.25) is 6.73 Å². The molecule has 1 aromatic carbocycles. The Morgan fingerprint density at radius 3 is 2.14 bits per heavy atom. The molecule has 1 aromatic heterocycles. The molecule has 122 valence electrons. The normalized spacial score (nSPS) is 15.1. The van der Waals surface area contributed by atoms with Crippen molar-refractivity contribution >= 4 is 73.1 Å². The molecule has 21 heavy (non-hydrogen) atoms. The molecule has 0 fully saturated rings. The van der Waals surface area contributed by atoms with Crippen LogP contribution in [0.4, 0.5) is 0 Å². The summed E-state index contributed by atoms with van der Waals surface area (Å²) in [6.45, 7) is 0.563. The van der Waals surface area contributed by atoms with Crippen LogP contribution in [0.3, 0.4) is 0 Å². The summed E-state index contributed by atoms with van der Waals surface area (Å²) in [4.78, 5) is 8.09. The SMILES string of the molecule is C[NH+](C)COn1nnc2ccccc21.[Cl][Sb-]([Cl])([Cl])([Cl])([Cl])[Cl]. The molecular weight excluding hydrogens is 515 g/mol. The second-order valence-electron chi connectivity index (χ2n) is 4.39. The molecule has 0 spiro atoms. The van der Waals surface area contributed by atoms with Crippen LogP contribution in [0.15, 0.2) is 24.3 Å². The number of hydrogen-bond donors (Lipinski definition) is 1. The summed E-state index contributed by atoms with van der Waals surface area (Å²) in [5.74, 6) is 0. The Labute approximate surface area is 142 Å². The van der Waals surface area contributed by atoms with E-state index < -0.39 is 9.14 Å². The van der Waals surface area contributed by atoms with Crippen LogP contribution in [-0.2, 0) is 0 Å². The monoisotopic (exact) mass is 524 g/mol. The van der Waals surface area contributed by atoms with Gasteiger partial charge >= 0.3 is 62.1 Å². The molecule has 0 amide bonds. The van der Waals surface area contributed by atoms with Gasteiger partial charge in [0.1, 0.15) is 11.0 Å². The summed E-state index contributed by atoms with van der Waals surface area (Å²) in [5, 5.41) is 7.87. The van der Waals surface area contributed by atoms with Crippen molar-refractivity contribution in [2.24, 2.45) is 0 Å². The maximum atomic E-state index is 5.43. The minimum atomic E-state index is -5.42. The molecule has 0 saturated heterocycles. The summed E-state index contributed by atoms with van der Waals surface area (Å²) in [5.41, 5.74) is 1.75. The fraction of sp³-hybridized carbons (Fsp3) is 0.333. The number of nitrogens with one attached hydrogen (secondary N) is 1. The third kappa shape index (κ3) is 11.2. The second kappa shape index (κ2) is 6.44. The minimum absolute atomic E-state index is 0.563. The van der Waals surface area contributed by atoms with Gasteiger partial charge in [0, 0.05) is 0 Å².